The minimum absolute atomic E-state index is 0.104. The molecular weight excluding hydrogens is 326 g/mol. The van der Waals surface area contributed by atoms with E-state index in [2.05, 4.69) is 0 Å². The molecule has 2 amide bonds. The number of carboxylic acids is 1. The highest BCUT2D eigenvalue weighted by molar-refractivity contribution is 5.86. The van der Waals surface area contributed by atoms with Crippen molar-refractivity contribution in [2.45, 2.75) is 37.7 Å². The quantitative estimate of drug-likeness (QED) is 0.476. The van der Waals surface area contributed by atoms with Gasteiger partial charge >= 0.3 is 30.1 Å². The molecule has 0 radical (unpaired) electrons. The van der Waals surface area contributed by atoms with Crippen molar-refractivity contribution >= 4 is 17.8 Å². The summed E-state index contributed by atoms with van der Waals surface area (Å²) in [6, 6.07) is -1.83. The van der Waals surface area contributed by atoms with E-state index in [0.717, 1.165) is 0 Å². The summed E-state index contributed by atoms with van der Waals surface area (Å²) in [5.74, 6) is -6.31. The number of nitrogens with one attached hydrogen (secondary N) is 2. The first-order chi connectivity index (χ1) is 9.85. The van der Waals surface area contributed by atoms with E-state index in [4.69, 9.17) is 5.11 Å². The molecule has 0 bridgehead atoms. The second kappa shape index (κ2) is 7.84. The third-order valence-corrected chi connectivity index (χ3v) is 2.32. The first-order valence-electron chi connectivity index (χ1n) is 5.81. The van der Waals surface area contributed by atoms with Gasteiger partial charge in [0.05, 0.1) is 0 Å². The second-order valence-corrected chi connectivity index (χ2v) is 4.11. The third-order valence-electron chi connectivity index (χ3n) is 2.32. The minimum atomic E-state index is -5.24. The summed E-state index contributed by atoms with van der Waals surface area (Å²) in [6.07, 6.45) is -10.9. The fraction of sp³-hybridized carbons (Fsp3) is 0.700. The Morgan fingerprint density at radius 3 is 1.82 bits per heavy atom. The normalized spacial score (nSPS) is 13.4. The number of hydrogen-bond donors (Lipinski definition) is 3. The molecule has 0 rings (SSSR count). The van der Waals surface area contributed by atoms with Crippen molar-refractivity contribution < 1.29 is 45.8 Å². The van der Waals surface area contributed by atoms with Gasteiger partial charge < -0.3 is 15.7 Å². The van der Waals surface area contributed by atoms with Crippen LogP contribution in [0.3, 0.4) is 0 Å². The fourth-order valence-electron chi connectivity index (χ4n) is 1.27. The van der Waals surface area contributed by atoms with Gasteiger partial charge in [-0.15, -0.1) is 0 Å². The highest BCUT2D eigenvalue weighted by atomic mass is 19.4. The Morgan fingerprint density at radius 1 is 0.909 bits per heavy atom. The van der Waals surface area contributed by atoms with Gasteiger partial charge in [0, 0.05) is 6.54 Å². The van der Waals surface area contributed by atoms with Crippen molar-refractivity contribution in [3.8, 4) is 0 Å². The molecule has 0 aromatic heterocycles. The van der Waals surface area contributed by atoms with Gasteiger partial charge in [-0.05, 0) is 19.3 Å². The van der Waals surface area contributed by atoms with Gasteiger partial charge in [-0.25, -0.2) is 4.79 Å². The SMILES string of the molecule is O=C(O)[C@H](CCCCNC(=O)C(F)(F)F)NC(=O)C(F)(F)F. The molecule has 6 nitrogen and oxygen atoms in total. The summed E-state index contributed by atoms with van der Waals surface area (Å²) in [6.45, 7) is -0.433. The van der Waals surface area contributed by atoms with Gasteiger partial charge in [-0.3, -0.25) is 9.59 Å². The van der Waals surface area contributed by atoms with Gasteiger partial charge in [0.15, 0.2) is 0 Å². The molecule has 0 spiro atoms. The summed E-state index contributed by atoms with van der Waals surface area (Å²) in [7, 11) is 0. The summed E-state index contributed by atoms with van der Waals surface area (Å²) in [5, 5.41) is 11.4. The maximum atomic E-state index is 12.0. The summed E-state index contributed by atoms with van der Waals surface area (Å²) >= 11 is 0. The van der Waals surface area contributed by atoms with Crippen LogP contribution in [0.1, 0.15) is 19.3 Å². The standard InChI is InChI=1S/C10H12F6N2O4/c11-9(12,13)7(21)17-4-2-1-3-5(6(19)20)18-8(22)10(14,15)16/h5H,1-4H2,(H,17,21)(H,18,22)(H,19,20)/t5-/m0/s1. The molecule has 0 fully saturated rings. The molecule has 12 heteroatoms. The third kappa shape index (κ3) is 7.69. The number of carbonyl (C=O) groups excluding carboxylic acids is 2. The molecule has 128 valence electrons. The molecule has 0 saturated heterocycles. The van der Waals surface area contributed by atoms with Crippen molar-refractivity contribution in [1.82, 2.24) is 10.6 Å². The zero-order valence-electron chi connectivity index (χ0n) is 10.8. The van der Waals surface area contributed by atoms with Gasteiger partial charge in [-0.2, -0.15) is 26.3 Å². The summed E-state index contributed by atoms with van der Waals surface area (Å²) in [5.41, 5.74) is 0. The van der Waals surface area contributed by atoms with Crippen LogP contribution >= 0.6 is 0 Å². The monoisotopic (exact) mass is 338 g/mol. The number of aliphatic carboxylic acids is 1. The van der Waals surface area contributed by atoms with Crippen LogP contribution < -0.4 is 10.6 Å². The highest BCUT2D eigenvalue weighted by Crippen LogP contribution is 2.16. The van der Waals surface area contributed by atoms with E-state index in [1.165, 1.54) is 10.6 Å². The van der Waals surface area contributed by atoms with Crippen molar-refractivity contribution in [1.29, 1.82) is 0 Å². The largest absolute Gasteiger partial charge is 0.480 e. The van der Waals surface area contributed by atoms with Crippen LogP contribution in [0.25, 0.3) is 0 Å². The van der Waals surface area contributed by atoms with Crippen LogP contribution in [0.5, 0.6) is 0 Å². The molecule has 0 aromatic rings. The number of unbranched alkanes of at least 4 members (excludes halogenated alkanes) is 1. The number of rotatable bonds is 7. The molecular formula is C10H12F6N2O4. The Labute approximate surface area is 119 Å². The van der Waals surface area contributed by atoms with Crippen molar-refractivity contribution in [3.05, 3.63) is 0 Å². The van der Waals surface area contributed by atoms with Crippen LogP contribution in [-0.4, -0.2) is 47.8 Å². The highest BCUT2D eigenvalue weighted by Gasteiger charge is 2.41. The fourth-order valence-corrected chi connectivity index (χ4v) is 1.27. The zero-order valence-corrected chi connectivity index (χ0v) is 10.8. The molecule has 0 aromatic carbocycles. The first-order valence-corrected chi connectivity index (χ1v) is 5.81. The van der Waals surface area contributed by atoms with E-state index in [-0.39, 0.29) is 12.8 Å². The van der Waals surface area contributed by atoms with Crippen LogP contribution in [0.2, 0.25) is 0 Å². The van der Waals surface area contributed by atoms with Gasteiger partial charge in [0.2, 0.25) is 0 Å². The minimum Gasteiger partial charge on any atom is -0.480 e. The molecule has 0 unspecified atom stereocenters. The molecule has 22 heavy (non-hydrogen) atoms. The first kappa shape index (κ1) is 20.0. The maximum Gasteiger partial charge on any atom is 0.471 e. The lowest BCUT2D eigenvalue weighted by atomic mass is 10.1. The van der Waals surface area contributed by atoms with Crippen molar-refractivity contribution in [2.75, 3.05) is 6.54 Å². The van der Waals surface area contributed by atoms with E-state index in [1.54, 1.807) is 0 Å². The Morgan fingerprint density at radius 2 is 1.41 bits per heavy atom. The van der Waals surface area contributed by atoms with Crippen molar-refractivity contribution in [3.63, 3.8) is 0 Å². The summed E-state index contributed by atoms with van der Waals surface area (Å²) < 4.78 is 71.3. The number of alkyl halides is 6. The predicted molar refractivity (Wildman–Crippen MR) is 58.5 cm³/mol. The molecule has 0 aliphatic heterocycles. The zero-order chi connectivity index (χ0) is 17.6. The Bertz CT molecular complexity index is 421. The molecule has 0 aliphatic rings. The Hall–Kier alpha value is -2.01. The van der Waals surface area contributed by atoms with Crippen molar-refractivity contribution in [2.24, 2.45) is 0 Å². The van der Waals surface area contributed by atoms with Gasteiger partial charge in [0.1, 0.15) is 6.04 Å². The maximum absolute atomic E-state index is 12.0. The van der Waals surface area contributed by atoms with Gasteiger partial charge in [0.25, 0.3) is 0 Å². The van der Waals surface area contributed by atoms with E-state index >= 15 is 0 Å². The van der Waals surface area contributed by atoms with E-state index in [0.29, 0.717) is 0 Å². The number of amides is 2. The second-order valence-electron chi connectivity index (χ2n) is 4.11. The van der Waals surface area contributed by atoms with Crippen LogP contribution in [0.4, 0.5) is 26.3 Å². The Balaban J connectivity index is 4.16. The van der Waals surface area contributed by atoms with E-state index in [9.17, 15) is 40.7 Å². The summed E-state index contributed by atoms with van der Waals surface area (Å²) in [4.78, 5) is 31.7. The Kier molecular flexibility index (Phi) is 7.13. The molecule has 3 N–H and O–H groups in total. The number of halogens is 6. The van der Waals surface area contributed by atoms with Crippen LogP contribution in [0, 0.1) is 0 Å². The molecule has 0 saturated carbocycles. The predicted octanol–water partition coefficient (Wildman–Crippen LogP) is 0.967. The topological polar surface area (TPSA) is 95.5 Å². The smallest absolute Gasteiger partial charge is 0.471 e. The van der Waals surface area contributed by atoms with E-state index < -0.39 is 49.1 Å². The van der Waals surface area contributed by atoms with E-state index in [1.807, 2.05) is 0 Å². The molecule has 0 aliphatic carbocycles. The number of carbonyl (C=O) groups is 3. The van der Waals surface area contributed by atoms with Crippen LogP contribution in [0.15, 0.2) is 0 Å². The average molecular weight is 338 g/mol. The lowest BCUT2D eigenvalue weighted by Crippen LogP contribution is -2.46. The number of carboxylic acid groups (broad SMARTS) is 1. The number of hydrogen-bond acceptors (Lipinski definition) is 3. The average Bonchev–Trinajstić information content (AvgIpc) is 2.33. The molecule has 0 heterocycles. The molecule has 1 atom stereocenters. The lowest BCUT2D eigenvalue weighted by molar-refractivity contribution is -0.175. The lowest BCUT2D eigenvalue weighted by Gasteiger charge is -2.15. The van der Waals surface area contributed by atoms with Crippen LogP contribution in [-0.2, 0) is 14.4 Å². The van der Waals surface area contributed by atoms with Gasteiger partial charge in [-0.1, -0.05) is 0 Å².